The minimum Gasteiger partial charge on any atom is -0.466 e. The molecular formula is C14H17N3O2. The number of hydrogen-bond donors (Lipinski definition) is 2. The van der Waals surface area contributed by atoms with Crippen molar-refractivity contribution in [3.63, 3.8) is 0 Å². The van der Waals surface area contributed by atoms with Gasteiger partial charge in [-0.2, -0.15) is 0 Å². The van der Waals surface area contributed by atoms with Crippen LogP contribution in [0.4, 0.5) is 5.82 Å². The zero-order valence-corrected chi connectivity index (χ0v) is 11.2. The number of furan rings is 1. The number of nitrogens with zero attached hydrogens (tertiary/aromatic N) is 1. The Morgan fingerprint density at radius 3 is 2.63 bits per heavy atom. The second-order valence-corrected chi connectivity index (χ2v) is 4.53. The molecule has 0 saturated carbocycles. The van der Waals surface area contributed by atoms with Crippen LogP contribution < -0.4 is 11.1 Å². The number of primary amides is 1. The number of aryl methyl sites for hydroxylation is 2. The Morgan fingerprint density at radius 1 is 1.42 bits per heavy atom. The van der Waals surface area contributed by atoms with E-state index in [1.807, 2.05) is 26.8 Å². The molecule has 19 heavy (non-hydrogen) atoms. The number of carbonyl (C=O) groups is 1. The van der Waals surface area contributed by atoms with Crippen LogP contribution in [0, 0.1) is 13.8 Å². The SMILES string of the molecule is Cc1cc(C(C)Nc2ccc(C(N)=O)cn2)c(C)o1. The average molecular weight is 259 g/mol. The van der Waals surface area contributed by atoms with E-state index in [1.165, 1.54) is 6.20 Å². The van der Waals surface area contributed by atoms with E-state index in [9.17, 15) is 4.79 Å². The van der Waals surface area contributed by atoms with E-state index in [-0.39, 0.29) is 6.04 Å². The molecule has 1 amide bonds. The van der Waals surface area contributed by atoms with Crippen molar-refractivity contribution in [2.75, 3.05) is 5.32 Å². The van der Waals surface area contributed by atoms with Crippen molar-refractivity contribution in [2.45, 2.75) is 26.8 Å². The van der Waals surface area contributed by atoms with Crippen LogP contribution in [0.25, 0.3) is 0 Å². The standard InChI is InChI=1S/C14H17N3O2/c1-8-6-12(10(3)19-8)9(2)17-13-5-4-11(7-16-13)14(15)18/h4-7,9H,1-3H3,(H2,15,18)(H,16,17). The Labute approximate surface area is 111 Å². The Morgan fingerprint density at radius 2 is 2.16 bits per heavy atom. The molecule has 0 aliphatic heterocycles. The first-order chi connectivity index (χ1) is 8.97. The second-order valence-electron chi connectivity index (χ2n) is 4.53. The van der Waals surface area contributed by atoms with Crippen LogP contribution in [0.1, 0.15) is 40.4 Å². The largest absolute Gasteiger partial charge is 0.466 e. The molecule has 2 aromatic heterocycles. The van der Waals surface area contributed by atoms with Crippen molar-refractivity contribution < 1.29 is 9.21 Å². The molecule has 0 bridgehead atoms. The summed E-state index contributed by atoms with van der Waals surface area (Å²) in [6.07, 6.45) is 1.46. The maximum Gasteiger partial charge on any atom is 0.250 e. The highest BCUT2D eigenvalue weighted by Crippen LogP contribution is 2.24. The van der Waals surface area contributed by atoms with Crippen LogP contribution >= 0.6 is 0 Å². The fourth-order valence-corrected chi connectivity index (χ4v) is 2.00. The smallest absolute Gasteiger partial charge is 0.250 e. The maximum absolute atomic E-state index is 11.0. The molecule has 1 unspecified atom stereocenters. The molecule has 0 radical (unpaired) electrons. The predicted octanol–water partition coefficient (Wildman–Crippen LogP) is 2.56. The van der Waals surface area contributed by atoms with Crippen molar-refractivity contribution in [3.8, 4) is 0 Å². The molecule has 0 aliphatic carbocycles. The number of carbonyl (C=O) groups excluding carboxylic acids is 1. The van der Waals surface area contributed by atoms with Gasteiger partial charge in [0.2, 0.25) is 5.91 Å². The number of amides is 1. The molecule has 5 heteroatoms. The van der Waals surface area contributed by atoms with Gasteiger partial charge < -0.3 is 15.5 Å². The number of anilines is 1. The normalized spacial score (nSPS) is 12.2. The first kappa shape index (κ1) is 13.1. The quantitative estimate of drug-likeness (QED) is 0.884. The molecule has 100 valence electrons. The molecule has 0 saturated heterocycles. The molecule has 0 aromatic carbocycles. The second kappa shape index (κ2) is 5.14. The highest BCUT2D eigenvalue weighted by atomic mass is 16.3. The van der Waals surface area contributed by atoms with Gasteiger partial charge >= 0.3 is 0 Å². The molecule has 2 rings (SSSR count). The monoisotopic (exact) mass is 259 g/mol. The third-order valence-electron chi connectivity index (χ3n) is 2.96. The Bertz CT molecular complexity index is 587. The molecule has 0 aliphatic rings. The molecule has 2 aromatic rings. The highest BCUT2D eigenvalue weighted by molar-refractivity contribution is 5.92. The van der Waals surface area contributed by atoms with Gasteiger partial charge in [0.1, 0.15) is 17.3 Å². The molecular weight excluding hydrogens is 242 g/mol. The summed E-state index contributed by atoms with van der Waals surface area (Å²) in [5.74, 6) is 1.99. The highest BCUT2D eigenvalue weighted by Gasteiger charge is 2.13. The van der Waals surface area contributed by atoms with E-state index >= 15 is 0 Å². The summed E-state index contributed by atoms with van der Waals surface area (Å²) in [7, 11) is 0. The van der Waals surface area contributed by atoms with Gasteiger partial charge in [0, 0.05) is 11.8 Å². The zero-order valence-electron chi connectivity index (χ0n) is 11.2. The van der Waals surface area contributed by atoms with Crippen molar-refractivity contribution in [1.82, 2.24) is 4.98 Å². The topological polar surface area (TPSA) is 81.1 Å². The van der Waals surface area contributed by atoms with E-state index in [1.54, 1.807) is 12.1 Å². The molecule has 0 spiro atoms. The Balaban J connectivity index is 2.12. The van der Waals surface area contributed by atoms with E-state index in [2.05, 4.69) is 10.3 Å². The lowest BCUT2D eigenvalue weighted by atomic mass is 10.1. The number of rotatable bonds is 4. The number of pyridine rings is 1. The van der Waals surface area contributed by atoms with Gasteiger partial charge in [0.15, 0.2) is 0 Å². The lowest BCUT2D eigenvalue weighted by molar-refractivity contribution is 0.1000. The van der Waals surface area contributed by atoms with Gasteiger partial charge in [-0.3, -0.25) is 4.79 Å². The third kappa shape index (κ3) is 2.93. The van der Waals surface area contributed by atoms with Crippen LogP contribution in [0.5, 0.6) is 0 Å². The predicted molar refractivity (Wildman–Crippen MR) is 73.0 cm³/mol. The summed E-state index contributed by atoms with van der Waals surface area (Å²) < 4.78 is 5.50. The van der Waals surface area contributed by atoms with Gasteiger partial charge in [-0.05, 0) is 39.0 Å². The van der Waals surface area contributed by atoms with Crippen LogP contribution in [0.2, 0.25) is 0 Å². The fraction of sp³-hybridized carbons (Fsp3) is 0.286. The van der Waals surface area contributed by atoms with Gasteiger partial charge in [-0.1, -0.05) is 0 Å². The number of aromatic nitrogens is 1. The number of nitrogens with two attached hydrogens (primary N) is 1. The van der Waals surface area contributed by atoms with Gasteiger partial charge in [-0.15, -0.1) is 0 Å². The Kier molecular flexibility index (Phi) is 3.55. The lowest BCUT2D eigenvalue weighted by Crippen LogP contribution is -2.12. The lowest BCUT2D eigenvalue weighted by Gasteiger charge is -2.13. The number of nitrogens with one attached hydrogen (secondary N) is 1. The van der Waals surface area contributed by atoms with E-state index in [4.69, 9.17) is 10.2 Å². The van der Waals surface area contributed by atoms with E-state index in [0.717, 1.165) is 17.1 Å². The minimum atomic E-state index is -0.478. The van der Waals surface area contributed by atoms with E-state index < -0.39 is 5.91 Å². The first-order valence-corrected chi connectivity index (χ1v) is 6.06. The maximum atomic E-state index is 11.0. The molecule has 2 heterocycles. The summed E-state index contributed by atoms with van der Waals surface area (Å²) in [6.45, 7) is 5.88. The van der Waals surface area contributed by atoms with Crippen molar-refractivity contribution in [2.24, 2.45) is 5.73 Å². The number of hydrogen-bond acceptors (Lipinski definition) is 4. The van der Waals surface area contributed by atoms with Gasteiger partial charge in [0.25, 0.3) is 0 Å². The van der Waals surface area contributed by atoms with Crippen molar-refractivity contribution in [1.29, 1.82) is 0 Å². The molecule has 1 atom stereocenters. The third-order valence-corrected chi connectivity index (χ3v) is 2.96. The fourth-order valence-electron chi connectivity index (χ4n) is 2.00. The first-order valence-electron chi connectivity index (χ1n) is 6.06. The summed E-state index contributed by atoms with van der Waals surface area (Å²) >= 11 is 0. The van der Waals surface area contributed by atoms with Gasteiger partial charge in [-0.25, -0.2) is 4.98 Å². The summed E-state index contributed by atoms with van der Waals surface area (Å²) in [4.78, 5) is 15.1. The van der Waals surface area contributed by atoms with Gasteiger partial charge in [0.05, 0.1) is 11.6 Å². The summed E-state index contributed by atoms with van der Waals surface area (Å²) in [6, 6.07) is 5.46. The zero-order chi connectivity index (χ0) is 14.0. The van der Waals surface area contributed by atoms with Crippen LogP contribution in [0.3, 0.4) is 0 Å². The Hall–Kier alpha value is -2.30. The molecule has 5 nitrogen and oxygen atoms in total. The molecule has 3 N–H and O–H groups in total. The average Bonchev–Trinajstić information content (AvgIpc) is 2.69. The van der Waals surface area contributed by atoms with Crippen LogP contribution in [0.15, 0.2) is 28.8 Å². The van der Waals surface area contributed by atoms with Crippen molar-refractivity contribution in [3.05, 3.63) is 47.0 Å². The summed E-state index contributed by atoms with van der Waals surface area (Å²) in [5, 5.41) is 3.26. The minimum absolute atomic E-state index is 0.0735. The van der Waals surface area contributed by atoms with Crippen LogP contribution in [-0.4, -0.2) is 10.9 Å². The van der Waals surface area contributed by atoms with Crippen LogP contribution in [-0.2, 0) is 0 Å². The molecule has 0 fully saturated rings. The van der Waals surface area contributed by atoms with E-state index in [0.29, 0.717) is 11.4 Å². The van der Waals surface area contributed by atoms with Crippen molar-refractivity contribution >= 4 is 11.7 Å². The summed E-state index contributed by atoms with van der Waals surface area (Å²) in [5.41, 5.74) is 6.66.